The van der Waals surface area contributed by atoms with Crippen molar-refractivity contribution in [3.05, 3.63) is 242 Å². The van der Waals surface area contributed by atoms with E-state index in [-0.39, 0.29) is 85.5 Å². The van der Waals surface area contributed by atoms with E-state index >= 15 is 0 Å². The van der Waals surface area contributed by atoms with Gasteiger partial charge in [0.15, 0.2) is 0 Å². The van der Waals surface area contributed by atoms with E-state index in [1.54, 1.807) is 47.1 Å². The molecule has 12 rings (SSSR count). The van der Waals surface area contributed by atoms with Crippen LogP contribution in [0.25, 0.3) is 34.9 Å². The van der Waals surface area contributed by atoms with Gasteiger partial charge in [-0.15, -0.1) is 18.2 Å². The van der Waals surface area contributed by atoms with Gasteiger partial charge >= 0.3 is 368 Å². The van der Waals surface area contributed by atoms with Gasteiger partial charge in [0.05, 0.1) is 23.3 Å². The van der Waals surface area contributed by atoms with E-state index in [1.165, 1.54) is 77.7 Å². The maximum atomic E-state index is 4.77. The quantitative estimate of drug-likeness (QED) is 0.0623. The van der Waals surface area contributed by atoms with E-state index in [0.717, 1.165) is 86.5 Å². The Morgan fingerprint density at radius 3 is 1.17 bits per heavy atom. The van der Waals surface area contributed by atoms with Crippen molar-refractivity contribution in [2.24, 2.45) is 0 Å². The number of hydrogen-bond donors (Lipinski definition) is 0. The average molecular weight is 1910 g/mol. The van der Waals surface area contributed by atoms with E-state index in [9.17, 15) is 0 Å². The normalized spacial score (nSPS) is 10.4. The first-order valence-corrected chi connectivity index (χ1v) is 61.0. The third-order valence-corrected chi connectivity index (χ3v) is 35.1. The zero-order valence-electron chi connectivity index (χ0n) is 61.5. The molecule has 101 heavy (non-hydrogen) atoms. The van der Waals surface area contributed by atoms with E-state index in [4.69, 9.17) is 19.7 Å². The van der Waals surface area contributed by atoms with E-state index in [2.05, 4.69) is 199 Å². The summed E-state index contributed by atoms with van der Waals surface area (Å²) < 4.78 is 18.6. The minimum atomic E-state index is -2.50. The fraction of sp³-hybridized carbons (Fsp3) is 0.342. The second-order valence-corrected chi connectivity index (χ2v) is 51.9. The number of nitrogens with zero attached hydrogens (tertiary/aromatic N) is 18. The zero-order chi connectivity index (χ0) is 70.8. The minimum absolute atomic E-state index is 0. The van der Waals surface area contributed by atoms with Gasteiger partial charge in [-0.05, 0) is 46.8 Å². The monoisotopic (exact) mass is 1910 g/mol. The van der Waals surface area contributed by atoms with Crippen LogP contribution in [-0.2, 0) is 39.1 Å². The molecule has 0 saturated carbocycles. The topological polar surface area (TPSA) is 184 Å². The molecule has 0 N–H and O–H groups in total. The SMILES string of the molecule is CC(C)(C)c1c[c-]n(-c2ccccn2)n1.CCC[CH2][Sn]([CH2]CCC)([CH2]CCC)[c]1cnc(C)n1-c1ccccn1.Cc1c[c-]n(-c2ccccn2)n1.Cc1c[c-]n(-c2ccccn2)n1.Cc1cn(-c2ccccn2)[c-]n1.Cc1n[c]([Sn]([CH3])([CH3])[CH3])n(-c2ccccn2)c1C.[Br-].[Br-].[Cl][Zn+].[Mg+2].[Mg+2].[Zn+][Br]. The molecule has 0 unspecified atom stereocenters. The molecule has 12 aromatic rings. The summed E-state index contributed by atoms with van der Waals surface area (Å²) in [5.41, 5.74) is 6.24. The molecule has 0 spiro atoms. The summed E-state index contributed by atoms with van der Waals surface area (Å²) in [7, 11) is 4.76. The fourth-order valence-electron chi connectivity index (χ4n) is 9.95. The van der Waals surface area contributed by atoms with Crippen LogP contribution in [-0.4, -0.2) is 171 Å². The maximum absolute atomic E-state index is 4.77. The zero-order valence-corrected chi connectivity index (χ0v) is 81.5. The molecule has 0 atom stereocenters. The van der Waals surface area contributed by atoms with Crippen molar-refractivity contribution >= 4 is 114 Å². The predicted octanol–water partition coefficient (Wildman–Crippen LogP) is 9.33. The van der Waals surface area contributed by atoms with E-state index < -0.39 is 36.8 Å². The fourth-order valence-corrected chi connectivity index (χ4v) is 30.4. The number of imidazole rings is 3. The molecular formula is C73H92Br3ClMg2N18Sn2Zn2. The standard InChI is InChI=1S/C12H14N3.C10H10N3.4C9H8N3.3C4H9.3CH3.3BrH.ClH.2Mg.2Sn.2Zn/c1-12(2,3)10-7-9-15(14-10)11-6-4-5-8-13-11;1-8-9(2)13(7-12-8)10-5-3-4-6-11-10;2*1-8-5-7-12(11-8)9-4-2-3-6-10-9;1-8-6-12(7-11-8)9-4-2-3-5-10-9;1-8-10-6-7-12(8)9-4-2-3-5-11-9;3*1-3-4-2;;;;;;;;;;;;;/h4-8H,1-3H3;3-6H,1-2H3;4*2-6H,1H3;3*1,3-4H2,2H3;3*1H3;4*1H;;;;;;/q-1;;3*-1;;;;;;;;;;;;2*+2;;;2*+2/p-4. The molecular weight excluding hydrogens is 1820 g/mol. The molecule has 0 aliphatic carbocycles. The summed E-state index contributed by atoms with van der Waals surface area (Å²) >= 11 is 0.381. The molecule has 18 nitrogen and oxygen atoms in total. The van der Waals surface area contributed by atoms with Crippen molar-refractivity contribution in [1.29, 1.82) is 0 Å². The van der Waals surface area contributed by atoms with Gasteiger partial charge < -0.3 is 72.5 Å². The molecule has 0 aliphatic heterocycles. The third kappa shape index (κ3) is 30.9. The van der Waals surface area contributed by atoms with E-state index in [1.807, 2.05) is 149 Å². The van der Waals surface area contributed by atoms with Crippen molar-refractivity contribution in [3.8, 4) is 34.9 Å². The van der Waals surface area contributed by atoms with Crippen molar-refractivity contribution < 1.29 is 67.6 Å². The van der Waals surface area contributed by atoms with Crippen LogP contribution in [0.3, 0.4) is 0 Å². The van der Waals surface area contributed by atoms with Crippen LogP contribution in [0.2, 0.25) is 28.1 Å². The molecule has 518 valence electrons. The Balaban J connectivity index is 0.000000606. The van der Waals surface area contributed by atoms with Crippen LogP contribution < -0.4 is 41.5 Å². The molecule has 12 heterocycles. The number of hydrogen-bond acceptors (Lipinski definition) is 12. The second-order valence-electron chi connectivity index (χ2n) is 24.8. The van der Waals surface area contributed by atoms with Crippen LogP contribution in [0, 0.1) is 66.5 Å². The van der Waals surface area contributed by atoms with Crippen LogP contribution >= 0.6 is 23.3 Å². The van der Waals surface area contributed by atoms with Gasteiger partial charge in [-0.25, -0.2) is 0 Å². The summed E-state index contributed by atoms with van der Waals surface area (Å²) in [4.78, 5) is 46.4. The Morgan fingerprint density at radius 1 is 0.485 bits per heavy atom. The third-order valence-electron chi connectivity index (χ3n) is 15.0. The number of pyridine rings is 6. The summed E-state index contributed by atoms with van der Waals surface area (Å²) in [6.45, 7) is 25.5. The van der Waals surface area contributed by atoms with Crippen molar-refractivity contribution in [2.75, 3.05) is 0 Å². The summed E-state index contributed by atoms with van der Waals surface area (Å²) in [6, 6.07) is 40.7. The molecule has 0 aliphatic rings. The first-order chi connectivity index (χ1) is 46.7. The molecule has 0 radical (unpaired) electrons. The molecule has 0 amide bonds. The molecule has 12 aromatic heterocycles. The van der Waals surface area contributed by atoms with Crippen molar-refractivity contribution in [3.63, 3.8) is 0 Å². The summed E-state index contributed by atoms with van der Waals surface area (Å²) in [5.74, 6) is 6.38. The van der Waals surface area contributed by atoms with Gasteiger partial charge in [-0.1, -0.05) is 121 Å². The van der Waals surface area contributed by atoms with Gasteiger partial charge in [-0.3, -0.25) is 20.3 Å². The molecule has 0 aromatic carbocycles. The van der Waals surface area contributed by atoms with Gasteiger partial charge in [0.1, 0.15) is 0 Å². The second kappa shape index (κ2) is 50.7. The summed E-state index contributed by atoms with van der Waals surface area (Å²) in [6.07, 6.45) is 34.7. The molecule has 0 bridgehead atoms. The van der Waals surface area contributed by atoms with Gasteiger partial charge in [0.2, 0.25) is 0 Å². The first kappa shape index (κ1) is 95.3. The molecule has 0 saturated heterocycles. The predicted molar refractivity (Wildman–Crippen MR) is 404 cm³/mol. The van der Waals surface area contributed by atoms with Crippen LogP contribution in [0.4, 0.5) is 0 Å². The van der Waals surface area contributed by atoms with Crippen LogP contribution in [0.5, 0.6) is 0 Å². The van der Waals surface area contributed by atoms with E-state index in [0.29, 0.717) is 0 Å². The van der Waals surface area contributed by atoms with Crippen molar-refractivity contribution in [2.45, 2.75) is 155 Å². The number of halogens is 4. The Bertz CT molecular complexity index is 3880. The number of aromatic nitrogens is 18. The molecule has 0 fully saturated rings. The van der Waals surface area contributed by atoms with Gasteiger partial charge in [-0.2, -0.15) is 0 Å². The summed E-state index contributed by atoms with van der Waals surface area (Å²) in [5, 5.41) is 12.8. The Kier molecular flexibility index (Phi) is 47.8. The first-order valence-electron chi connectivity index (χ1n) is 32.7. The molecule has 28 heteroatoms. The van der Waals surface area contributed by atoms with Crippen molar-refractivity contribution in [1.82, 2.24) is 87.9 Å². The number of unbranched alkanes of at least 4 members (excludes halogenated alkanes) is 3. The number of rotatable bonds is 17. The van der Waals surface area contributed by atoms with Gasteiger partial charge in [0, 0.05) is 31.1 Å². The number of aryl methyl sites for hydroxylation is 5. The van der Waals surface area contributed by atoms with Crippen LogP contribution in [0.1, 0.15) is 120 Å². The Hall–Kier alpha value is -3.73. The average Bonchev–Trinajstić information content (AvgIpc) is 1.68. The Morgan fingerprint density at radius 2 is 0.851 bits per heavy atom. The Labute approximate surface area is 692 Å². The van der Waals surface area contributed by atoms with Crippen LogP contribution in [0.15, 0.2) is 177 Å². The van der Waals surface area contributed by atoms with Gasteiger partial charge in [0.25, 0.3) is 0 Å².